The lowest BCUT2D eigenvalue weighted by Crippen LogP contribution is -2.29. The summed E-state index contributed by atoms with van der Waals surface area (Å²) in [6.07, 6.45) is 5.01. The number of carbonyl (C=O) groups excluding carboxylic acids is 2. The molecule has 13 heteroatoms. The van der Waals surface area contributed by atoms with Crippen molar-refractivity contribution in [2.45, 2.75) is 51.4 Å². The average Bonchev–Trinajstić information content (AvgIpc) is 2.77. The smallest absolute Gasteiger partial charge is 0.356 e. The second kappa shape index (κ2) is 16.7. The van der Waals surface area contributed by atoms with Crippen molar-refractivity contribution < 1.29 is 36.9 Å². The van der Waals surface area contributed by atoms with Crippen LogP contribution in [0.2, 0.25) is 0 Å². The van der Waals surface area contributed by atoms with Crippen LogP contribution in [0.15, 0.2) is 24.3 Å². The minimum Gasteiger partial charge on any atom is -0.356 e. The number of unbranched alkanes of at least 4 members (excludes halogenated alkanes) is 4. The summed E-state index contributed by atoms with van der Waals surface area (Å²) in [5.74, 6) is -0.358. The van der Waals surface area contributed by atoms with Gasteiger partial charge in [-0.15, -0.1) is 0 Å². The number of hydrogen-bond acceptors (Lipinski definition) is 6. The van der Waals surface area contributed by atoms with Crippen LogP contribution in [-0.4, -0.2) is 52.3 Å². The number of carbonyl (C=O) groups is 2. The molecule has 0 aromatic heterocycles. The molecular formula is C20H34N3O8PS. The van der Waals surface area contributed by atoms with Gasteiger partial charge in [-0.25, -0.2) is 8.77 Å². The van der Waals surface area contributed by atoms with E-state index in [2.05, 4.69) is 19.9 Å². The van der Waals surface area contributed by atoms with Gasteiger partial charge in [0, 0.05) is 38.7 Å². The number of rotatable bonds is 18. The van der Waals surface area contributed by atoms with E-state index in [-0.39, 0.29) is 31.3 Å². The van der Waals surface area contributed by atoms with E-state index in [9.17, 15) is 18.4 Å². The van der Waals surface area contributed by atoms with Crippen LogP contribution in [0.1, 0.15) is 50.5 Å². The fraction of sp³-hybridized carbons (Fsp3) is 0.600. The third kappa shape index (κ3) is 15.6. The molecule has 1 rings (SSSR count). The molecular weight excluding hydrogens is 473 g/mol. The largest absolute Gasteiger partial charge is 0.471 e. The van der Waals surface area contributed by atoms with Gasteiger partial charge in [-0.2, -0.15) is 0 Å². The first-order valence-electron chi connectivity index (χ1n) is 10.7. The van der Waals surface area contributed by atoms with E-state index in [0.29, 0.717) is 31.6 Å². The Morgan fingerprint density at radius 1 is 0.970 bits per heavy atom. The van der Waals surface area contributed by atoms with E-state index in [1.165, 1.54) is 0 Å². The Kier molecular flexibility index (Phi) is 14.8. The minimum atomic E-state index is -3.88. The van der Waals surface area contributed by atoms with Gasteiger partial charge in [-0.1, -0.05) is 31.4 Å². The van der Waals surface area contributed by atoms with Crippen molar-refractivity contribution in [3.05, 3.63) is 29.8 Å². The number of benzene rings is 1. The topological polar surface area (TPSA) is 163 Å². The number of nitrogens with one attached hydrogen (secondary N) is 3. The average molecular weight is 508 g/mol. The maximum absolute atomic E-state index is 11.9. The van der Waals surface area contributed by atoms with Crippen LogP contribution in [0.4, 0.5) is 5.69 Å². The number of anilines is 1. The summed E-state index contributed by atoms with van der Waals surface area (Å²) >= 11 is -2.11. The van der Waals surface area contributed by atoms with Crippen molar-refractivity contribution in [2.24, 2.45) is 0 Å². The van der Waals surface area contributed by atoms with Gasteiger partial charge < -0.3 is 15.5 Å². The van der Waals surface area contributed by atoms with Gasteiger partial charge in [-0.3, -0.25) is 27.9 Å². The molecule has 11 nitrogen and oxygen atoms in total. The molecule has 1 aromatic rings. The van der Waals surface area contributed by atoms with Crippen molar-refractivity contribution in [3.8, 4) is 0 Å². The van der Waals surface area contributed by atoms with Crippen LogP contribution in [0.25, 0.3) is 0 Å². The zero-order valence-electron chi connectivity index (χ0n) is 18.8. The number of hydrogen-bond donors (Lipinski definition) is 5. The molecule has 0 spiro atoms. The molecule has 0 saturated heterocycles. The number of phosphoric ester groups is 1. The van der Waals surface area contributed by atoms with E-state index < -0.39 is 19.1 Å². The van der Waals surface area contributed by atoms with E-state index in [1.807, 2.05) is 0 Å². The highest BCUT2D eigenvalue weighted by molar-refractivity contribution is 7.80. The van der Waals surface area contributed by atoms with Crippen LogP contribution in [0.5, 0.6) is 0 Å². The SMILES string of the molecule is COP(=O)(O)OCCCCCCCNC(=O)CCC(=O)NCCc1ccc(NS(=O)O)cc1. The highest BCUT2D eigenvalue weighted by atomic mass is 32.2. The fourth-order valence-corrected chi connectivity index (χ4v) is 3.61. The van der Waals surface area contributed by atoms with Gasteiger partial charge in [-0.05, 0) is 37.0 Å². The third-order valence-corrected chi connectivity index (χ3v) is 5.98. The lowest BCUT2D eigenvalue weighted by atomic mass is 10.1. The Hall–Kier alpha value is -1.82. The number of phosphoric acid groups is 1. The summed E-state index contributed by atoms with van der Waals surface area (Å²) in [6, 6.07) is 6.97. The maximum Gasteiger partial charge on any atom is 0.471 e. The first kappa shape index (κ1) is 29.2. The standard InChI is InChI=1S/C20H34N3O8PS/c1-30-32(26,27)31-16-6-4-2-3-5-14-21-19(24)11-12-20(25)22-15-13-17-7-9-18(10-8-17)23-33(28)29/h7-10,23H,2-6,11-16H2,1H3,(H,21,24)(H,22,25)(H,26,27)(H,28,29). The highest BCUT2D eigenvalue weighted by Gasteiger charge is 2.17. The normalized spacial score (nSPS) is 13.7. The van der Waals surface area contributed by atoms with Gasteiger partial charge in [0.25, 0.3) is 11.3 Å². The van der Waals surface area contributed by atoms with E-state index >= 15 is 0 Å². The van der Waals surface area contributed by atoms with Crippen molar-refractivity contribution in [1.82, 2.24) is 10.6 Å². The molecule has 2 amide bonds. The molecule has 2 unspecified atom stereocenters. The van der Waals surface area contributed by atoms with Crippen LogP contribution in [0.3, 0.4) is 0 Å². The Bertz CT molecular complexity index is 794. The summed E-state index contributed by atoms with van der Waals surface area (Å²) in [6.45, 7) is 1.14. The summed E-state index contributed by atoms with van der Waals surface area (Å²) < 4.78 is 41.9. The first-order chi connectivity index (χ1) is 15.7. The first-order valence-corrected chi connectivity index (χ1v) is 13.3. The van der Waals surface area contributed by atoms with Crippen molar-refractivity contribution in [1.29, 1.82) is 0 Å². The summed E-state index contributed by atoms with van der Waals surface area (Å²) in [7, 11) is -2.76. The van der Waals surface area contributed by atoms with Crippen molar-refractivity contribution in [2.75, 3.05) is 31.5 Å². The minimum absolute atomic E-state index is 0.118. The molecule has 0 aliphatic carbocycles. The van der Waals surface area contributed by atoms with Crippen LogP contribution < -0.4 is 15.4 Å². The second-order valence-electron chi connectivity index (χ2n) is 7.25. The molecule has 5 N–H and O–H groups in total. The van der Waals surface area contributed by atoms with Crippen LogP contribution in [-0.2, 0) is 40.9 Å². The molecule has 33 heavy (non-hydrogen) atoms. The van der Waals surface area contributed by atoms with Crippen LogP contribution in [0, 0.1) is 0 Å². The van der Waals surface area contributed by atoms with Gasteiger partial charge in [0.1, 0.15) is 0 Å². The Morgan fingerprint density at radius 3 is 2.15 bits per heavy atom. The van der Waals surface area contributed by atoms with Crippen LogP contribution >= 0.6 is 7.82 Å². The van der Waals surface area contributed by atoms with Gasteiger partial charge >= 0.3 is 7.82 Å². The van der Waals surface area contributed by atoms with Gasteiger partial charge in [0.05, 0.1) is 6.61 Å². The Morgan fingerprint density at radius 2 is 1.55 bits per heavy atom. The molecule has 0 heterocycles. The predicted octanol–water partition coefficient (Wildman–Crippen LogP) is 2.50. The van der Waals surface area contributed by atoms with E-state index in [0.717, 1.165) is 38.4 Å². The zero-order chi connectivity index (χ0) is 24.5. The predicted molar refractivity (Wildman–Crippen MR) is 126 cm³/mol. The summed E-state index contributed by atoms with van der Waals surface area (Å²) in [5.41, 5.74) is 1.50. The van der Waals surface area contributed by atoms with Crippen molar-refractivity contribution >= 4 is 36.6 Å². The molecule has 0 saturated carbocycles. The molecule has 188 valence electrons. The Labute approximate surface area is 197 Å². The second-order valence-corrected chi connectivity index (χ2v) is 9.51. The van der Waals surface area contributed by atoms with E-state index in [1.54, 1.807) is 24.3 Å². The number of amides is 2. The van der Waals surface area contributed by atoms with E-state index in [4.69, 9.17) is 14.0 Å². The molecule has 1 aromatic carbocycles. The molecule has 0 bridgehead atoms. The molecule has 2 atom stereocenters. The lowest BCUT2D eigenvalue weighted by molar-refractivity contribution is -0.126. The monoisotopic (exact) mass is 507 g/mol. The lowest BCUT2D eigenvalue weighted by Gasteiger charge is -2.09. The highest BCUT2D eigenvalue weighted by Crippen LogP contribution is 2.41. The molecule has 0 aliphatic heterocycles. The molecule has 0 radical (unpaired) electrons. The summed E-state index contributed by atoms with van der Waals surface area (Å²) in [5, 5.41) is 5.57. The zero-order valence-corrected chi connectivity index (χ0v) is 20.5. The maximum atomic E-state index is 11.9. The molecule has 0 aliphatic rings. The quantitative estimate of drug-likeness (QED) is 0.115. The van der Waals surface area contributed by atoms with Gasteiger partial charge in [0.15, 0.2) is 0 Å². The summed E-state index contributed by atoms with van der Waals surface area (Å²) in [4.78, 5) is 32.8. The third-order valence-electron chi connectivity index (χ3n) is 4.60. The Balaban J connectivity index is 2.00. The van der Waals surface area contributed by atoms with Crippen molar-refractivity contribution in [3.63, 3.8) is 0 Å². The molecule has 0 fully saturated rings. The fourth-order valence-electron chi connectivity index (χ4n) is 2.81. The van der Waals surface area contributed by atoms with Gasteiger partial charge in [0.2, 0.25) is 11.8 Å².